The molecule has 0 bridgehead atoms. The van der Waals surface area contributed by atoms with Crippen LogP contribution < -0.4 is 0 Å². The first-order valence-electron chi connectivity index (χ1n) is 3.89. The van der Waals surface area contributed by atoms with E-state index in [1.807, 2.05) is 6.07 Å². The Hall–Kier alpha value is -1.58. The minimum absolute atomic E-state index is 0.381. The van der Waals surface area contributed by atoms with Gasteiger partial charge in [-0.15, -0.1) is 0 Å². The highest BCUT2D eigenvalue weighted by molar-refractivity contribution is 5.59. The van der Waals surface area contributed by atoms with Crippen molar-refractivity contribution in [3.05, 3.63) is 30.1 Å². The molecule has 70 valence electrons. The van der Waals surface area contributed by atoms with Crippen LogP contribution in [0.5, 0.6) is 0 Å². The molecule has 0 aliphatic carbocycles. The van der Waals surface area contributed by atoms with Crippen LogP contribution in [0.2, 0.25) is 0 Å². The Kier molecular flexibility index (Phi) is 3.25. The van der Waals surface area contributed by atoms with Gasteiger partial charge >= 0.3 is 6.16 Å². The van der Waals surface area contributed by atoms with Gasteiger partial charge in [0.2, 0.25) is 0 Å². The molecule has 0 radical (unpaired) electrons. The summed E-state index contributed by atoms with van der Waals surface area (Å²) in [5, 5.41) is 0. The lowest BCUT2D eigenvalue weighted by Crippen LogP contribution is -2.09. The first-order valence-corrected chi connectivity index (χ1v) is 3.89. The van der Waals surface area contributed by atoms with Crippen molar-refractivity contribution in [1.82, 2.24) is 4.98 Å². The molecule has 1 rings (SSSR count). The van der Waals surface area contributed by atoms with Crippen LogP contribution in [-0.2, 0) is 9.47 Å². The maximum Gasteiger partial charge on any atom is 0.508 e. The largest absolute Gasteiger partial charge is 0.508 e. The topological polar surface area (TPSA) is 48.4 Å². The lowest BCUT2D eigenvalue weighted by atomic mass is 10.2. The Morgan fingerprint density at radius 2 is 2.31 bits per heavy atom. The van der Waals surface area contributed by atoms with Crippen LogP contribution in [0.15, 0.2) is 24.4 Å². The van der Waals surface area contributed by atoms with Crippen LogP contribution >= 0.6 is 0 Å². The fourth-order valence-electron chi connectivity index (χ4n) is 0.869. The number of methoxy groups -OCH3 is 1. The van der Waals surface area contributed by atoms with Crippen molar-refractivity contribution in [3.63, 3.8) is 0 Å². The quantitative estimate of drug-likeness (QED) is 0.654. The summed E-state index contributed by atoms with van der Waals surface area (Å²) in [5.74, 6) is 0. The number of ether oxygens (including phenoxy) is 2. The minimum Gasteiger partial charge on any atom is -0.438 e. The van der Waals surface area contributed by atoms with Crippen molar-refractivity contribution in [2.45, 2.75) is 13.0 Å². The predicted molar refractivity (Wildman–Crippen MR) is 46.1 cm³/mol. The minimum atomic E-state index is -0.696. The third-order valence-electron chi connectivity index (χ3n) is 1.54. The number of hydrogen-bond acceptors (Lipinski definition) is 4. The second-order valence-electron chi connectivity index (χ2n) is 2.47. The molecule has 0 spiro atoms. The molecule has 1 atom stereocenters. The number of carbonyl (C=O) groups is 1. The van der Waals surface area contributed by atoms with Crippen molar-refractivity contribution in [3.8, 4) is 0 Å². The molecule has 1 aromatic heterocycles. The predicted octanol–water partition coefficient (Wildman–Crippen LogP) is 1.93. The number of hydrogen-bond donors (Lipinski definition) is 0. The van der Waals surface area contributed by atoms with Gasteiger partial charge in [-0.25, -0.2) is 4.79 Å². The van der Waals surface area contributed by atoms with Gasteiger partial charge in [0, 0.05) is 6.20 Å². The highest BCUT2D eigenvalue weighted by Crippen LogP contribution is 2.13. The van der Waals surface area contributed by atoms with Crippen molar-refractivity contribution in [2.75, 3.05) is 7.11 Å². The van der Waals surface area contributed by atoms with E-state index in [2.05, 4.69) is 9.72 Å². The summed E-state index contributed by atoms with van der Waals surface area (Å²) in [6.45, 7) is 1.74. The molecule has 0 amide bonds. The van der Waals surface area contributed by atoms with Crippen LogP contribution in [0.25, 0.3) is 0 Å². The van der Waals surface area contributed by atoms with E-state index < -0.39 is 6.16 Å². The number of aromatic nitrogens is 1. The van der Waals surface area contributed by atoms with Gasteiger partial charge in [0.15, 0.2) is 0 Å². The second-order valence-corrected chi connectivity index (χ2v) is 2.47. The van der Waals surface area contributed by atoms with E-state index in [0.29, 0.717) is 5.69 Å². The fourth-order valence-corrected chi connectivity index (χ4v) is 0.869. The highest BCUT2D eigenvalue weighted by atomic mass is 16.7. The van der Waals surface area contributed by atoms with Gasteiger partial charge in [-0.3, -0.25) is 4.98 Å². The smallest absolute Gasteiger partial charge is 0.438 e. The van der Waals surface area contributed by atoms with Crippen molar-refractivity contribution >= 4 is 6.16 Å². The summed E-state index contributed by atoms with van der Waals surface area (Å²) in [5.41, 5.74) is 0.702. The molecule has 0 N–H and O–H groups in total. The fraction of sp³-hybridized carbons (Fsp3) is 0.333. The lowest BCUT2D eigenvalue weighted by Gasteiger charge is -2.10. The van der Waals surface area contributed by atoms with Crippen LogP contribution in [-0.4, -0.2) is 18.2 Å². The average Bonchev–Trinajstić information content (AvgIpc) is 2.19. The van der Waals surface area contributed by atoms with E-state index in [9.17, 15) is 4.79 Å². The SMILES string of the molecule is COC(=O)OC(C)c1ccccn1. The Balaban J connectivity index is 2.59. The van der Waals surface area contributed by atoms with E-state index >= 15 is 0 Å². The highest BCUT2D eigenvalue weighted by Gasteiger charge is 2.11. The van der Waals surface area contributed by atoms with Crippen LogP contribution in [0.3, 0.4) is 0 Å². The molecular weight excluding hydrogens is 170 g/mol. The second kappa shape index (κ2) is 4.45. The zero-order valence-electron chi connectivity index (χ0n) is 7.56. The van der Waals surface area contributed by atoms with E-state index in [1.54, 1.807) is 25.3 Å². The Labute approximate surface area is 76.5 Å². The van der Waals surface area contributed by atoms with Gasteiger partial charge in [-0.05, 0) is 19.1 Å². The molecule has 1 unspecified atom stereocenters. The van der Waals surface area contributed by atoms with Gasteiger partial charge in [-0.1, -0.05) is 6.07 Å². The summed E-state index contributed by atoms with van der Waals surface area (Å²) >= 11 is 0. The molecule has 4 nitrogen and oxygen atoms in total. The molecule has 0 aliphatic heterocycles. The zero-order chi connectivity index (χ0) is 9.68. The van der Waals surface area contributed by atoms with Crippen molar-refractivity contribution in [1.29, 1.82) is 0 Å². The molecule has 0 saturated heterocycles. The Morgan fingerprint density at radius 3 is 2.85 bits per heavy atom. The Bertz CT molecular complexity index is 273. The number of pyridine rings is 1. The van der Waals surface area contributed by atoms with Crippen molar-refractivity contribution < 1.29 is 14.3 Å². The van der Waals surface area contributed by atoms with Gasteiger partial charge in [-0.2, -0.15) is 0 Å². The van der Waals surface area contributed by atoms with Crippen LogP contribution in [0.4, 0.5) is 4.79 Å². The molecular formula is C9H11NO3. The molecule has 0 aromatic carbocycles. The molecule has 1 aromatic rings. The summed E-state index contributed by atoms with van der Waals surface area (Å²) in [6, 6.07) is 5.42. The number of carbonyl (C=O) groups excluding carboxylic acids is 1. The molecule has 13 heavy (non-hydrogen) atoms. The van der Waals surface area contributed by atoms with E-state index in [-0.39, 0.29) is 6.10 Å². The van der Waals surface area contributed by atoms with E-state index in [0.717, 1.165) is 0 Å². The first kappa shape index (κ1) is 9.51. The normalized spacial score (nSPS) is 11.8. The van der Waals surface area contributed by atoms with Crippen LogP contribution in [0, 0.1) is 0 Å². The Morgan fingerprint density at radius 1 is 1.54 bits per heavy atom. The molecule has 1 heterocycles. The number of nitrogens with zero attached hydrogens (tertiary/aromatic N) is 1. The van der Waals surface area contributed by atoms with E-state index in [4.69, 9.17) is 4.74 Å². The maximum atomic E-state index is 10.7. The molecule has 0 fully saturated rings. The van der Waals surface area contributed by atoms with E-state index in [1.165, 1.54) is 7.11 Å². The third-order valence-corrected chi connectivity index (χ3v) is 1.54. The molecule has 4 heteroatoms. The molecule has 0 aliphatic rings. The van der Waals surface area contributed by atoms with Gasteiger partial charge in [0.05, 0.1) is 12.8 Å². The van der Waals surface area contributed by atoms with Gasteiger partial charge in [0.25, 0.3) is 0 Å². The summed E-state index contributed by atoms with van der Waals surface area (Å²) < 4.78 is 9.22. The molecule has 0 saturated carbocycles. The monoisotopic (exact) mass is 181 g/mol. The van der Waals surface area contributed by atoms with Gasteiger partial charge in [0.1, 0.15) is 6.10 Å². The summed E-state index contributed by atoms with van der Waals surface area (Å²) in [7, 11) is 1.27. The maximum absolute atomic E-state index is 10.7. The lowest BCUT2D eigenvalue weighted by molar-refractivity contribution is 0.0415. The van der Waals surface area contributed by atoms with Gasteiger partial charge < -0.3 is 9.47 Å². The zero-order valence-corrected chi connectivity index (χ0v) is 7.56. The van der Waals surface area contributed by atoms with Crippen molar-refractivity contribution in [2.24, 2.45) is 0 Å². The summed E-state index contributed by atoms with van der Waals surface area (Å²) in [6.07, 6.45) is 0.568. The first-order chi connectivity index (χ1) is 6.24. The van der Waals surface area contributed by atoms with Crippen LogP contribution in [0.1, 0.15) is 18.7 Å². The third kappa shape index (κ3) is 2.74. The summed E-state index contributed by atoms with van der Waals surface area (Å²) in [4.78, 5) is 14.8. The standard InChI is InChI=1S/C9H11NO3/c1-7(13-9(11)12-2)8-5-3-4-6-10-8/h3-7H,1-2H3. The number of rotatable bonds is 2. The average molecular weight is 181 g/mol.